The Balaban J connectivity index is 1.50. The first-order valence-corrected chi connectivity index (χ1v) is 8.79. The van der Waals surface area contributed by atoms with E-state index in [1.54, 1.807) is 0 Å². The van der Waals surface area contributed by atoms with Gasteiger partial charge in [-0.15, -0.1) is 0 Å². The second-order valence-electron chi connectivity index (χ2n) is 7.29. The molecule has 4 rings (SSSR count). The molecule has 21 heavy (non-hydrogen) atoms. The van der Waals surface area contributed by atoms with Gasteiger partial charge in [0.2, 0.25) is 0 Å². The zero-order valence-corrected chi connectivity index (χ0v) is 12.9. The average molecular weight is 290 g/mol. The number of allylic oxidation sites excluding steroid dienone is 1. The van der Waals surface area contributed by atoms with E-state index in [1.165, 1.54) is 12.8 Å². The van der Waals surface area contributed by atoms with Gasteiger partial charge in [-0.3, -0.25) is 4.79 Å². The van der Waals surface area contributed by atoms with Gasteiger partial charge in [-0.1, -0.05) is 19.1 Å². The molecule has 0 spiro atoms. The number of hydrogen-bond acceptors (Lipinski definition) is 3. The van der Waals surface area contributed by atoms with Crippen LogP contribution in [0.1, 0.15) is 51.9 Å². The Kier molecular flexibility index (Phi) is 3.56. The maximum absolute atomic E-state index is 11.9. The minimum atomic E-state index is 0.0184. The van der Waals surface area contributed by atoms with Crippen molar-refractivity contribution in [3.63, 3.8) is 0 Å². The van der Waals surface area contributed by atoms with Crippen molar-refractivity contribution >= 4 is 5.97 Å². The van der Waals surface area contributed by atoms with Crippen LogP contribution in [-0.2, 0) is 14.3 Å². The molecule has 3 nitrogen and oxygen atoms in total. The summed E-state index contributed by atoms with van der Waals surface area (Å²) in [6.07, 6.45) is 13.1. The average Bonchev–Trinajstić information content (AvgIpc) is 3.37. The van der Waals surface area contributed by atoms with Crippen LogP contribution >= 0.6 is 0 Å². The Morgan fingerprint density at radius 1 is 1.19 bits per heavy atom. The van der Waals surface area contributed by atoms with Crippen LogP contribution in [0.4, 0.5) is 0 Å². The number of ether oxygens (including phenoxy) is 2. The van der Waals surface area contributed by atoms with Gasteiger partial charge in [0.05, 0.1) is 12.2 Å². The summed E-state index contributed by atoms with van der Waals surface area (Å²) in [7, 11) is 0. The number of hydrogen-bond donors (Lipinski definition) is 0. The molecule has 0 aromatic carbocycles. The molecule has 4 aliphatic rings. The predicted molar refractivity (Wildman–Crippen MR) is 79.6 cm³/mol. The van der Waals surface area contributed by atoms with Crippen molar-refractivity contribution in [3.05, 3.63) is 12.2 Å². The fourth-order valence-corrected chi connectivity index (χ4v) is 4.71. The highest BCUT2D eigenvalue weighted by Crippen LogP contribution is 2.59. The van der Waals surface area contributed by atoms with Crippen LogP contribution in [0.5, 0.6) is 0 Å². The minimum Gasteiger partial charge on any atom is -0.462 e. The van der Waals surface area contributed by atoms with E-state index < -0.39 is 0 Å². The molecule has 0 aromatic rings. The normalized spacial score (nSPS) is 50.3. The van der Waals surface area contributed by atoms with Crippen LogP contribution in [0.3, 0.4) is 0 Å². The highest BCUT2D eigenvalue weighted by atomic mass is 16.6. The second kappa shape index (κ2) is 5.42. The Labute approximate surface area is 127 Å². The highest BCUT2D eigenvalue weighted by molar-refractivity contribution is 5.69. The summed E-state index contributed by atoms with van der Waals surface area (Å²) in [5.74, 6) is 2.78. The first kappa shape index (κ1) is 13.8. The van der Waals surface area contributed by atoms with Crippen LogP contribution in [0.15, 0.2) is 12.2 Å². The standard InChI is InChI=1S/C18H26O3/c1-2-15-14-9-12(14)13-10-16-18(21-16)11(13)7-5-3-4-6-8-17(19)20-15/h5,7,11-16,18H,2-4,6,8-10H2,1H3/b7-5-/t11-,12-,13+,14+,15+,16-,18+/m0/s1. The summed E-state index contributed by atoms with van der Waals surface area (Å²) in [6, 6.07) is 0. The van der Waals surface area contributed by atoms with E-state index in [0.717, 1.165) is 37.5 Å². The lowest BCUT2D eigenvalue weighted by atomic mass is 9.88. The second-order valence-corrected chi connectivity index (χ2v) is 7.29. The number of epoxide rings is 1. The number of esters is 1. The number of cyclic esters (lactones) is 1. The van der Waals surface area contributed by atoms with Crippen LogP contribution in [0.25, 0.3) is 0 Å². The van der Waals surface area contributed by atoms with E-state index in [9.17, 15) is 4.79 Å². The molecule has 0 amide bonds. The van der Waals surface area contributed by atoms with Gasteiger partial charge in [-0.05, 0) is 56.3 Å². The van der Waals surface area contributed by atoms with Crippen molar-refractivity contribution in [2.75, 3.05) is 0 Å². The summed E-state index contributed by atoms with van der Waals surface area (Å²) in [6.45, 7) is 2.15. The molecule has 0 bridgehead atoms. The molecule has 3 heteroatoms. The zero-order chi connectivity index (χ0) is 14.4. The van der Waals surface area contributed by atoms with E-state index in [2.05, 4.69) is 19.1 Å². The number of rotatable bonds is 1. The smallest absolute Gasteiger partial charge is 0.306 e. The van der Waals surface area contributed by atoms with E-state index >= 15 is 0 Å². The van der Waals surface area contributed by atoms with Crippen LogP contribution in [-0.4, -0.2) is 24.3 Å². The van der Waals surface area contributed by atoms with Crippen LogP contribution in [0, 0.1) is 23.7 Å². The first-order chi connectivity index (χ1) is 10.3. The van der Waals surface area contributed by atoms with Crippen molar-refractivity contribution in [2.24, 2.45) is 23.7 Å². The molecule has 2 aliphatic carbocycles. The summed E-state index contributed by atoms with van der Waals surface area (Å²) < 4.78 is 11.5. The lowest BCUT2D eigenvalue weighted by Gasteiger charge is -2.21. The topological polar surface area (TPSA) is 38.8 Å². The summed E-state index contributed by atoms with van der Waals surface area (Å²) in [4.78, 5) is 11.9. The fourth-order valence-electron chi connectivity index (χ4n) is 4.71. The highest BCUT2D eigenvalue weighted by Gasteiger charge is 2.61. The summed E-state index contributed by atoms with van der Waals surface area (Å²) >= 11 is 0. The van der Waals surface area contributed by atoms with Crippen molar-refractivity contribution in [1.29, 1.82) is 0 Å². The number of carbonyl (C=O) groups excluding carboxylic acids is 1. The molecule has 2 saturated carbocycles. The third-order valence-corrected chi connectivity index (χ3v) is 5.96. The van der Waals surface area contributed by atoms with Gasteiger partial charge >= 0.3 is 5.97 Å². The molecule has 0 N–H and O–H groups in total. The van der Waals surface area contributed by atoms with Gasteiger partial charge in [-0.2, -0.15) is 0 Å². The van der Waals surface area contributed by atoms with E-state index in [-0.39, 0.29) is 12.1 Å². The molecule has 0 radical (unpaired) electrons. The monoisotopic (exact) mass is 290 g/mol. The van der Waals surface area contributed by atoms with E-state index in [1.807, 2.05) is 0 Å². The number of fused-ring (bicyclic) bond motifs is 5. The lowest BCUT2D eigenvalue weighted by Crippen LogP contribution is -2.23. The molecule has 0 aromatic heterocycles. The van der Waals surface area contributed by atoms with Crippen LogP contribution in [0.2, 0.25) is 0 Å². The van der Waals surface area contributed by atoms with Crippen molar-refractivity contribution < 1.29 is 14.3 Å². The van der Waals surface area contributed by atoms with Gasteiger partial charge in [0.15, 0.2) is 0 Å². The Bertz CT molecular complexity index is 444. The predicted octanol–water partition coefficient (Wildman–Crippen LogP) is 3.48. The summed E-state index contributed by atoms with van der Waals surface area (Å²) in [5.41, 5.74) is 0. The van der Waals surface area contributed by atoms with Gasteiger partial charge < -0.3 is 9.47 Å². The Morgan fingerprint density at radius 3 is 2.95 bits per heavy atom. The molecular weight excluding hydrogens is 264 g/mol. The van der Waals surface area contributed by atoms with Gasteiger partial charge in [0, 0.05) is 12.3 Å². The maximum Gasteiger partial charge on any atom is 0.306 e. The largest absolute Gasteiger partial charge is 0.462 e. The molecule has 7 atom stereocenters. The number of carbonyl (C=O) groups is 1. The van der Waals surface area contributed by atoms with Gasteiger partial charge in [0.25, 0.3) is 0 Å². The first-order valence-electron chi connectivity index (χ1n) is 8.79. The Hall–Kier alpha value is -0.830. The molecule has 3 fully saturated rings. The molecular formula is C18H26O3. The van der Waals surface area contributed by atoms with E-state index in [0.29, 0.717) is 30.5 Å². The molecule has 2 heterocycles. The maximum atomic E-state index is 11.9. The third kappa shape index (κ3) is 2.65. The molecule has 2 aliphatic heterocycles. The zero-order valence-electron chi connectivity index (χ0n) is 12.9. The molecule has 116 valence electrons. The van der Waals surface area contributed by atoms with Crippen molar-refractivity contribution in [2.45, 2.75) is 70.2 Å². The quantitative estimate of drug-likeness (QED) is 0.421. The lowest BCUT2D eigenvalue weighted by molar-refractivity contribution is -0.150. The van der Waals surface area contributed by atoms with Crippen LogP contribution < -0.4 is 0 Å². The van der Waals surface area contributed by atoms with E-state index in [4.69, 9.17) is 9.47 Å². The minimum absolute atomic E-state index is 0.0184. The van der Waals surface area contributed by atoms with Crippen molar-refractivity contribution in [3.8, 4) is 0 Å². The summed E-state index contributed by atoms with van der Waals surface area (Å²) in [5, 5.41) is 0. The third-order valence-electron chi connectivity index (χ3n) is 5.96. The fraction of sp³-hybridized carbons (Fsp3) is 0.833. The van der Waals surface area contributed by atoms with Gasteiger partial charge in [0.1, 0.15) is 6.10 Å². The van der Waals surface area contributed by atoms with Gasteiger partial charge in [-0.25, -0.2) is 0 Å². The SMILES string of the molecule is CC[C@H]1OC(=O)CCCC/C=C\[C@H]2[C@@H](C[C@@H]3O[C@H]23)[C@@H]2C[C@H]21. The molecule has 1 saturated heterocycles. The van der Waals surface area contributed by atoms with Crippen molar-refractivity contribution in [1.82, 2.24) is 0 Å². The Morgan fingerprint density at radius 2 is 2.10 bits per heavy atom. The molecule has 0 unspecified atom stereocenters.